The van der Waals surface area contributed by atoms with E-state index in [1.807, 2.05) is 6.92 Å². The van der Waals surface area contributed by atoms with Crippen molar-refractivity contribution < 1.29 is 17.6 Å². The molecular weight excluding hydrogens is 283 g/mol. The summed E-state index contributed by atoms with van der Waals surface area (Å²) in [5.41, 5.74) is -0.682. The lowest BCUT2D eigenvalue weighted by Gasteiger charge is -2.22. The van der Waals surface area contributed by atoms with Gasteiger partial charge in [-0.1, -0.05) is 19.8 Å². The maximum absolute atomic E-state index is 13.7. The predicted octanol–water partition coefficient (Wildman–Crippen LogP) is 1.99. The molecule has 0 heterocycles. The first-order valence-corrected chi connectivity index (χ1v) is 7.91. The summed E-state index contributed by atoms with van der Waals surface area (Å²) in [4.78, 5) is 12.0. The number of nitrogens with one attached hydrogen (secondary N) is 1. The number of primary sulfonamides is 1. The van der Waals surface area contributed by atoms with Gasteiger partial charge in [-0.05, 0) is 31.0 Å². The summed E-state index contributed by atoms with van der Waals surface area (Å²) in [6.07, 6.45) is 3.41. The van der Waals surface area contributed by atoms with Gasteiger partial charge in [-0.25, -0.2) is 17.9 Å². The highest BCUT2D eigenvalue weighted by atomic mass is 32.2. The molecule has 0 aliphatic heterocycles. The first kappa shape index (κ1) is 14.9. The van der Waals surface area contributed by atoms with Gasteiger partial charge in [0.15, 0.2) is 0 Å². The van der Waals surface area contributed by atoms with Crippen LogP contribution >= 0.6 is 0 Å². The molecule has 0 unspecified atom stereocenters. The van der Waals surface area contributed by atoms with E-state index in [4.69, 9.17) is 5.14 Å². The minimum absolute atomic E-state index is 0.158. The second-order valence-electron chi connectivity index (χ2n) is 5.41. The zero-order valence-corrected chi connectivity index (χ0v) is 12.0. The average Bonchev–Trinajstić information content (AvgIpc) is 2.79. The molecule has 0 saturated heterocycles. The topological polar surface area (TPSA) is 89.3 Å². The lowest BCUT2D eigenvalue weighted by Crippen LogP contribution is -2.31. The maximum atomic E-state index is 13.7. The molecule has 0 bridgehead atoms. The third-order valence-electron chi connectivity index (χ3n) is 3.77. The second-order valence-corrected chi connectivity index (χ2v) is 6.97. The molecule has 1 saturated carbocycles. The quantitative estimate of drug-likeness (QED) is 0.894. The fourth-order valence-electron chi connectivity index (χ4n) is 2.43. The number of carbonyl (C=O) groups is 1. The van der Waals surface area contributed by atoms with Crippen LogP contribution in [0.1, 0.15) is 32.6 Å². The van der Waals surface area contributed by atoms with Crippen molar-refractivity contribution in [1.29, 1.82) is 0 Å². The van der Waals surface area contributed by atoms with Crippen LogP contribution in [0.25, 0.3) is 0 Å². The standard InChI is InChI=1S/C13H17FN2O3S/c1-13(6-2-3-7-13)12(17)16-11-8-9(20(15,18)19)4-5-10(11)14/h4-5,8H,2-3,6-7H2,1H3,(H,16,17)(H2,15,18,19). The Morgan fingerprint density at radius 1 is 1.35 bits per heavy atom. The van der Waals surface area contributed by atoms with Crippen molar-refractivity contribution in [2.45, 2.75) is 37.5 Å². The number of nitrogens with two attached hydrogens (primary N) is 1. The molecule has 0 spiro atoms. The van der Waals surface area contributed by atoms with Crippen LogP contribution in [0.15, 0.2) is 23.1 Å². The second kappa shape index (κ2) is 5.14. The lowest BCUT2D eigenvalue weighted by molar-refractivity contribution is -0.124. The van der Waals surface area contributed by atoms with E-state index in [2.05, 4.69) is 5.32 Å². The summed E-state index contributed by atoms with van der Waals surface area (Å²) in [6, 6.07) is 3.09. The Labute approximate surface area is 117 Å². The van der Waals surface area contributed by atoms with Crippen LogP contribution in [0.5, 0.6) is 0 Å². The van der Waals surface area contributed by atoms with Gasteiger partial charge in [-0.2, -0.15) is 0 Å². The molecule has 7 heteroatoms. The highest BCUT2D eigenvalue weighted by molar-refractivity contribution is 7.89. The maximum Gasteiger partial charge on any atom is 0.238 e. The Balaban J connectivity index is 2.27. The van der Waals surface area contributed by atoms with Crippen LogP contribution in [0.4, 0.5) is 10.1 Å². The third kappa shape index (κ3) is 2.99. The molecular formula is C13H17FN2O3S. The molecule has 1 fully saturated rings. The normalized spacial score (nSPS) is 17.9. The van der Waals surface area contributed by atoms with Gasteiger partial charge in [0.1, 0.15) is 5.82 Å². The average molecular weight is 300 g/mol. The van der Waals surface area contributed by atoms with Crippen molar-refractivity contribution in [1.82, 2.24) is 0 Å². The van der Waals surface area contributed by atoms with E-state index in [0.717, 1.165) is 43.9 Å². The number of halogens is 1. The monoisotopic (exact) mass is 300 g/mol. The van der Waals surface area contributed by atoms with E-state index in [1.54, 1.807) is 0 Å². The van der Waals surface area contributed by atoms with Gasteiger partial charge in [0.05, 0.1) is 10.6 Å². The van der Waals surface area contributed by atoms with Crippen molar-refractivity contribution in [3.05, 3.63) is 24.0 Å². The van der Waals surface area contributed by atoms with E-state index in [1.165, 1.54) is 0 Å². The molecule has 1 aliphatic rings. The summed E-state index contributed by atoms with van der Waals surface area (Å²) in [5.74, 6) is -0.979. The largest absolute Gasteiger partial charge is 0.323 e. The van der Waals surface area contributed by atoms with Gasteiger partial charge in [0, 0.05) is 5.41 Å². The molecule has 0 aromatic heterocycles. The summed E-state index contributed by atoms with van der Waals surface area (Å²) >= 11 is 0. The highest BCUT2D eigenvalue weighted by Crippen LogP contribution is 2.38. The SMILES string of the molecule is CC1(C(=O)Nc2cc(S(N)(=O)=O)ccc2F)CCCC1. The van der Waals surface area contributed by atoms with E-state index in [-0.39, 0.29) is 16.5 Å². The van der Waals surface area contributed by atoms with Gasteiger partial charge in [0.25, 0.3) is 0 Å². The van der Waals surface area contributed by atoms with Crippen LogP contribution in [-0.2, 0) is 14.8 Å². The van der Waals surface area contributed by atoms with Crippen LogP contribution < -0.4 is 10.5 Å². The fraction of sp³-hybridized carbons (Fsp3) is 0.462. The van der Waals surface area contributed by atoms with E-state index < -0.39 is 21.3 Å². The van der Waals surface area contributed by atoms with Crippen LogP contribution in [-0.4, -0.2) is 14.3 Å². The summed E-state index contributed by atoms with van der Waals surface area (Å²) in [5, 5.41) is 7.46. The Bertz CT molecular complexity index is 637. The molecule has 0 atom stereocenters. The Hall–Kier alpha value is -1.47. The zero-order chi connectivity index (χ0) is 15.0. The van der Waals surface area contributed by atoms with Crippen molar-refractivity contribution in [2.75, 3.05) is 5.32 Å². The zero-order valence-electron chi connectivity index (χ0n) is 11.1. The minimum Gasteiger partial charge on any atom is -0.323 e. The van der Waals surface area contributed by atoms with Gasteiger partial charge in [0.2, 0.25) is 15.9 Å². The first-order valence-electron chi connectivity index (χ1n) is 6.36. The predicted molar refractivity (Wildman–Crippen MR) is 73.0 cm³/mol. The molecule has 5 nitrogen and oxygen atoms in total. The smallest absolute Gasteiger partial charge is 0.238 e. The number of anilines is 1. The van der Waals surface area contributed by atoms with Crippen molar-refractivity contribution in [2.24, 2.45) is 10.6 Å². The molecule has 110 valence electrons. The molecule has 20 heavy (non-hydrogen) atoms. The molecule has 1 aromatic carbocycles. The van der Waals surface area contributed by atoms with Gasteiger partial charge >= 0.3 is 0 Å². The van der Waals surface area contributed by atoms with Crippen LogP contribution in [0.2, 0.25) is 0 Å². The number of benzene rings is 1. The summed E-state index contributed by atoms with van der Waals surface area (Å²) in [7, 11) is -3.93. The van der Waals surface area contributed by atoms with Crippen LogP contribution in [0, 0.1) is 11.2 Å². The highest BCUT2D eigenvalue weighted by Gasteiger charge is 2.36. The Kier molecular flexibility index (Phi) is 3.84. The third-order valence-corrected chi connectivity index (χ3v) is 4.68. The van der Waals surface area contributed by atoms with Gasteiger partial charge in [-0.15, -0.1) is 0 Å². The molecule has 3 N–H and O–H groups in total. The Morgan fingerprint density at radius 2 is 1.95 bits per heavy atom. The number of hydrogen-bond acceptors (Lipinski definition) is 3. The molecule has 1 aromatic rings. The number of sulfonamides is 1. The molecule has 0 radical (unpaired) electrons. The number of amides is 1. The Morgan fingerprint density at radius 3 is 2.50 bits per heavy atom. The molecule has 2 rings (SSSR count). The van der Waals surface area contributed by atoms with E-state index in [0.29, 0.717) is 0 Å². The van der Waals surface area contributed by atoms with Crippen molar-refractivity contribution in [3.63, 3.8) is 0 Å². The molecule has 1 amide bonds. The van der Waals surface area contributed by atoms with Crippen molar-refractivity contribution in [3.8, 4) is 0 Å². The first-order chi connectivity index (χ1) is 9.22. The van der Waals surface area contributed by atoms with Crippen LogP contribution in [0.3, 0.4) is 0 Å². The number of rotatable bonds is 3. The van der Waals surface area contributed by atoms with Crippen molar-refractivity contribution >= 4 is 21.6 Å². The summed E-state index contributed by atoms with van der Waals surface area (Å²) in [6.45, 7) is 1.83. The lowest BCUT2D eigenvalue weighted by atomic mass is 9.88. The number of hydrogen-bond donors (Lipinski definition) is 2. The van der Waals surface area contributed by atoms with Gasteiger partial charge in [-0.3, -0.25) is 4.79 Å². The number of carbonyl (C=O) groups excluding carboxylic acids is 1. The summed E-state index contributed by atoms with van der Waals surface area (Å²) < 4.78 is 36.2. The minimum atomic E-state index is -3.93. The molecule has 1 aliphatic carbocycles. The van der Waals surface area contributed by atoms with Gasteiger partial charge < -0.3 is 5.32 Å². The fourth-order valence-corrected chi connectivity index (χ4v) is 2.97. The van der Waals surface area contributed by atoms with E-state index >= 15 is 0 Å². The van der Waals surface area contributed by atoms with E-state index in [9.17, 15) is 17.6 Å².